The summed E-state index contributed by atoms with van der Waals surface area (Å²) in [7, 11) is 0. The molecule has 1 aliphatic carbocycles. The topological polar surface area (TPSA) is 9.23 Å². The predicted molar refractivity (Wildman–Crippen MR) is 112 cm³/mol. The summed E-state index contributed by atoms with van der Waals surface area (Å²) in [4.78, 5) is 0. The Morgan fingerprint density at radius 3 is 1.78 bits per heavy atom. The van der Waals surface area contributed by atoms with Crippen molar-refractivity contribution in [2.45, 2.75) is 44.6 Å². The van der Waals surface area contributed by atoms with Crippen LogP contribution in [0.4, 0.5) is 0 Å². The van der Waals surface area contributed by atoms with E-state index in [1.54, 1.807) is 0 Å². The Morgan fingerprint density at radius 2 is 1.19 bits per heavy atom. The first-order valence-electron chi connectivity index (χ1n) is 10.2. The number of hydrogen-bond acceptors (Lipinski definition) is 1. The maximum Gasteiger partial charge on any atom is 0.123 e. The van der Waals surface area contributed by atoms with Crippen molar-refractivity contribution in [2.24, 2.45) is 5.92 Å². The normalized spacial score (nSPS) is 19.8. The summed E-state index contributed by atoms with van der Waals surface area (Å²) in [6.45, 7) is 2.35. The molecular weight excluding hydrogens is 328 g/mol. The zero-order chi connectivity index (χ0) is 18.5. The molecule has 0 N–H and O–H groups in total. The van der Waals surface area contributed by atoms with Crippen molar-refractivity contribution >= 4 is 0 Å². The first kappa shape index (κ1) is 17.9. The summed E-state index contributed by atoms with van der Waals surface area (Å²) < 4.78 is 6.56. The van der Waals surface area contributed by atoms with Gasteiger partial charge in [-0.15, -0.1) is 0 Å². The first-order valence-corrected chi connectivity index (χ1v) is 10.2. The molecule has 27 heavy (non-hydrogen) atoms. The van der Waals surface area contributed by atoms with Gasteiger partial charge in [0.2, 0.25) is 0 Å². The lowest BCUT2D eigenvalue weighted by Crippen LogP contribution is -2.23. The minimum atomic E-state index is 0.186. The molecule has 0 spiro atoms. The van der Waals surface area contributed by atoms with Crippen molar-refractivity contribution < 1.29 is 4.74 Å². The Bertz CT molecular complexity index is 793. The quantitative estimate of drug-likeness (QED) is 0.456. The highest BCUT2D eigenvalue weighted by Crippen LogP contribution is 2.38. The third-order valence-electron chi connectivity index (χ3n) is 5.75. The van der Waals surface area contributed by atoms with Crippen LogP contribution in [0.5, 0.6) is 5.75 Å². The van der Waals surface area contributed by atoms with Gasteiger partial charge < -0.3 is 4.74 Å². The van der Waals surface area contributed by atoms with E-state index in [4.69, 9.17) is 4.74 Å². The minimum absolute atomic E-state index is 0.186. The molecule has 0 saturated heterocycles. The minimum Gasteiger partial charge on any atom is -0.490 e. The zero-order valence-corrected chi connectivity index (χ0v) is 16.1. The Morgan fingerprint density at radius 1 is 0.667 bits per heavy atom. The van der Waals surface area contributed by atoms with Crippen LogP contribution < -0.4 is 4.74 Å². The molecule has 0 aromatic heterocycles. The summed E-state index contributed by atoms with van der Waals surface area (Å²) in [6.07, 6.45) is 5.21. The highest BCUT2D eigenvalue weighted by Gasteiger charge is 2.24. The summed E-state index contributed by atoms with van der Waals surface area (Å²) in [6, 6.07) is 30.1. The Balaban J connectivity index is 1.70. The molecule has 0 bridgehead atoms. The molecule has 4 rings (SSSR count). The van der Waals surface area contributed by atoms with Crippen LogP contribution in [0.15, 0.2) is 84.9 Å². The average molecular weight is 357 g/mol. The molecule has 0 aliphatic heterocycles. The summed E-state index contributed by atoms with van der Waals surface area (Å²) >= 11 is 0. The van der Waals surface area contributed by atoms with E-state index in [1.165, 1.54) is 29.5 Å². The maximum absolute atomic E-state index is 6.56. The van der Waals surface area contributed by atoms with Gasteiger partial charge >= 0.3 is 0 Å². The van der Waals surface area contributed by atoms with E-state index in [9.17, 15) is 0 Å². The Hall–Kier alpha value is -2.54. The van der Waals surface area contributed by atoms with Crippen LogP contribution >= 0.6 is 0 Å². The van der Waals surface area contributed by atoms with E-state index >= 15 is 0 Å². The molecule has 1 aliphatic rings. The van der Waals surface area contributed by atoms with Crippen LogP contribution in [0, 0.1) is 5.92 Å². The van der Waals surface area contributed by atoms with Crippen LogP contribution in [-0.4, -0.2) is 6.10 Å². The third-order valence-corrected chi connectivity index (χ3v) is 5.75. The fourth-order valence-corrected chi connectivity index (χ4v) is 4.20. The molecule has 0 atom stereocenters. The average Bonchev–Trinajstić information content (AvgIpc) is 2.73. The van der Waals surface area contributed by atoms with Gasteiger partial charge in [0.1, 0.15) is 5.75 Å². The number of ether oxygens (including phenoxy) is 1. The number of para-hydroxylation sites is 1. The molecule has 0 heterocycles. The fraction of sp³-hybridized carbons (Fsp3) is 0.308. The molecule has 1 heteroatoms. The molecule has 3 aromatic rings. The predicted octanol–water partition coefficient (Wildman–Crippen LogP) is 6.82. The Labute approximate surface area is 163 Å². The molecule has 0 unspecified atom stereocenters. The van der Waals surface area contributed by atoms with Crippen molar-refractivity contribution in [2.75, 3.05) is 0 Å². The number of hydrogen-bond donors (Lipinski definition) is 0. The van der Waals surface area contributed by atoms with E-state index < -0.39 is 0 Å². The second-order valence-corrected chi connectivity index (χ2v) is 7.79. The molecular formula is C26H28O. The van der Waals surface area contributed by atoms with Crippen molar-refractivity contribution in [1.29, 1.82) is 0 Å². The van der Waals surface area contributed by atoms with Crippen LogP contribution in [0.25, 0.3) is 0 Å². The SMILES string of the molecule is CC1CCC(Oc2ccccc2C(c2ccccc2)c2ccccc2)CC1. The van der Waals surface area contributed by atoms with E-state index in [1.807, 2.05) is 0 Å². The zero-order valence-electron chi connectivity index (χ0n) is 16.1. The van der Waals surface area contributed by atoms with E-state index in [0.717, 1.165) is 24.5 Å². The number of rotatable bonds is 5. The van der Waals surface area contributed by atoms with Crippen LogP contribution in [-0.2, 0) is 0 Å². The van der Waals surface area contributed by atoms with Crippen molar-refractivity contribution in [3.63, 3.8) is 0 Å². The van der Waals surface area contributed by atoms with Crippen molar-refractivity contribution in [3.05, 3.63) is 102 Å². The van der Waals surface area contributed by atoms with Gasteiger partial charge in [-0.1, -0.05) is 85.8 Å². The maximum atomic E-state index is 6.56. The van der Waals surface area contributed by atoms with Crippen molar-refractivity contribution in [1.82, 2.24) is 0 Å². The smallest absolute Gasteiger partial charge is 0.123 e. The molecule has 1 nitrogen and oxygen atoms in total. The van der Waals surface area contributed by atoms with E-state index in [-0.39, 0.29) is 5.92 Å². The second kappa shape index (κ2) is 8.43. The second-order valence-electron chi connectivity index (χ2n) is 7.79. The summed E-state index contributed by atoms with van der Waals surface area (Å²) in [5.74, 6) is 2.06. The van der Waals surface area contributed by atoms with Gasteiger partial charge in [0.15, 0.2) is 0 Å². The van der Waals surface area contributed by atoms with Crippen LogP contribution in [0.3, 0.4) is 0 Å². The third kappa shape index (κ3) is 4.24. The van der Waals surface area contributed by atoms with Gasteiger partial charge in [0.25, 0.3) is 0 Å². The van der Waals surface area contributed by atoms with Crippen LogP contribution in [0.1, 0.15) is 55.2 Å². The van der Waals surface area contributed by atoms with Gasteiger partial charge in [0.05, 0.1) is 6.10 Å². The summed E-state index contributed by atoms with van der Waals surface area (Å²) in [5.41, 5.74) is 3.86. The highest BCUT2D eigenvalue weighted by atomic mass is 16.5. The van der Waals surface area contributed by atoms with Gasteiger partial charge in [-0.3, -0.25) is 0 Å². The Kier molecular flexibility index (Phi) is 5.58. The molecule has 1 fully saturated rings. The highest BCUT2D eigenvalue weighted by molar-refractivity contribution is 5.49. The molecule has 0 radical (unpaired) electrons. The van der Waals surface area contributed by atoms with Gasteiger partial charge in [-0.2, -0.15) is 0 Å². The lowest BCUT2D eigenvalue weighted by molar-refractivity contribution is 0.134. The molecule has 1 saturated carbocycles. The fourth-order valence-electron chi connectivity index (χ4n) is 4.20. The van der Waals surface area contributed by atoms with Gasteiger partial charge in [-0.05, 0) is 48.8 Å². The molecule has 3 aromatic carbocycles. The number of benzene rings is 3. The van der Waals surface area contributed by atoms with Crippen LogP contribution in [0.2, 0.25) is 0 Å². The monoisotopic (exact) mass is 356 g/mol. The first-order chi connectivity index (χ1) is 13.3. The molecule has 138 valence electrons. The van der Waals surface area contributed by atoms with Gasteiger partial charge in [0, 0.05) is 11.5 Å². The van der Waals surface area contributed by atoms with Crippen molar-refractivity contribution in [3.8, 4) is 5.75 Å². The van der Waals surface area contributed by atoms with E-state index in [0.29, 0.717) is 6.10 Å². The lowest BCUT2D eigenvalue weighted by Gasteiger charge is -2.29. The summed E-state index contributed by atoms with van der Waals surface area (Å²) in [5, 5.41) is 0. The standard InChI is InChI=1S/C26H28O/c1-20-16-18-23(19-17-20)27-25-15-9-8-14-24(25)26(21-10-4-2-5-11-21)22-12-6-3-7-13-22/h2-15,20,23,26H,16-19H2,1H3. The van der Waals surface area contributed by atoms with Gasteiger partial charge in [-0.25, -0.2) is 0 Å². The largest absolute Gasteiger partial charge is 0.490 e. The van der Waals surface area contributed by atoms with E-state index in [2.05, 4.69) is 91.9 Å². The lowest BCUT2D eigenvalue weighted by atomic mass is 9.84. The molecule has 0 amide bonds.